The maximum absolute atomic E-state index is 13.3. The van der Waals surface area contributed by atoms with E-state index < -0.39 is 5.63 Å². The first kappa shape index (κ1) is 21.3. The van der Waals surface area contributed by atoms with Crippen molar-refractivity contribution in [2.45, 2.75) is 25.2 Å². The van der Waals surface area contributed by atoms with Crippen LogP contribution in [0.4, 0.5) is 0 Å². The van der Waals surface area contributed by atoms with Crippen LogP contribution in [-0.2, 0) is 0 Å². The van der Waals surface area contributed by atoms with Crippen molar-refractivity contribution in [2.75, 3.05) is 0 Å². The van der Waals surface area contributed by atoms with Crippen LogP contribution in [0.1, 0.15) is 41.9 Å². The summed E-state index contributed by atoms with van der Waals surface area (Å²) in [6.07, 6.45) is 4.69. The van der Waals surface area contributed by atoms with Crippen molar-refractivity contribution in [3.63, 3.8) is 0 Å². The van der Waals surface area contributed by atoms with Gasteiger partial charge in [-0.25, -0.2) is 4.79 Å². The van der Waals surface area contributed by atoms with E-state index >= 15 is 0 Å². The Morgan fingerprint density at radius 3 is 2.41 bits per heavy atom. The predicted octanol–water partition coefficient (Wildman–Crippen LogP) is 8.15. The standard InChI is InChI=1S/C29H20Cl2O3/c30-22-13-4-1-8-17(22)16-18-9-7-12-21-25(19-10-2-5-14-23(19)31)26-28(34-27(18)21)20-11-3-6-15-24(20)33-29(26)32/h1-6,8,10-11,13-16,25H,7,9,12H2. The molecule has 0 saturated carbocycles. The second kappa shape index (κ2) is 8.50. The molecule has 3 aromatic carbocycles. The molecule has 0 fully saturated rings. The third kappa shape index (κ3) is 3.48. The molecule has 0 spiro atoms. The van der Waals surface area contributed by atoms with Crippen molar-refractivity contribution < 1.29 is 9.15 Å². The highest BCUT2D eigenvalue weighted by molar-refractivity contribution is 6.32. The lowest BCUT2D eigenvalue weighted by atomic mass is 9.76. The average molecular weight is 487 g/mol. The number of ether oxygens (including phenoxy) is 1. The van der Waals surface area contributed by atoms with E-state index in [9.17, 15) is 4.79 Å². The van der Waals surface area contributed by atoms with Gasteiger partial charge in [0.15, 0.2) is 0 Å². The summed E-state index contributed by atoms with van der Waals surface area (Å²) in [6, 6.07) is 22.9. The monoisotopic (exact) mass is 486 g/mol. The third-order valence-corrected chi connectivity index (χ3v) is 7.26. The van der Waals surface area contributed by atoms with Gasteiger partial charge in [-0.3, -0.25) is 0 Å². The van der Waals surface area contributed by atoms with Gasteiger partial charge in [0, 0.05) is 16.0 Å². The van der Waals surface area contributed by atoms with E-state index in [1.165, 1.54) is 0 Å². The van der Waals surface area contributed by atoms with E-state index in [1.807, 2.05) is 66.7 Å². The maximum atomic E-state index is 13.3. The second-order valence-electron chi connectivity index (χ2n) is 8.58. The highest BCUT2D eigenvalue weighted by Gasteiger charge is 2.38. The van der Waals surface area contributed by atoms with Crippen LogP contribution >= 0.6 is 23.2 Å². The van der Waals surface area contributed by atoms with Crippen LogP contribution in [0, 0.1) is 0 Å². The van der Waals surface area contributed by atoms with Gasteiger partial charge in [0.2, 0.25) is 0 Å². The molecule has 5 heteroatoms. The Morgan fingerprint density at radius 1 is 0.853 bits per heavy atom. The minimum absolute atomic E-state index is 0.344. The quantitative estimate of drug-likeness (QED) is 0.268. The van der Waals surface area contributed by atoms with Crippen LogP contribution in [0.15, 0.2) is 98.9 Å². The smallest absolute Gasteiger partial charge is 0.344 e. The Bertz CT molecular complexity index is 1560. The van der Waals surface area contributed by atoms with Gasteiger partial charge in [-0.15, -0.1) is 0 Å². The number of halogens is 2. The molecule has 6 rings (SSSR count). The zero-order chi connectivity index (χ0) is 23.2. The molecule has 1 atom stereocenters. The summed E-state index contributed by atoms with van der Waals surface area (Å²) in [5.74, 6) is 1.00. The third-order valence-electron chi connectivity index (χ3n) is 6.57. The lowest BCUT2D eigenvalue weighted by Crippen LogP contribution is -2.26. The zero-order valence-corrected chi connectivity index (χ0v) is 19.7. The molecule has 3 nitrogen and oxygen atoms in total. The molecule has 0 amide bonds. The van der Waals surface area contributed by atoms with E-state index in [1.54, 1.807) is 6.07 Å². The SMILES string of the molecule is O=c1oc2ccccc2c2c1C(c1ccccc1Cl)C1=C(O2)C(=Cc2ccccc2Cl)CCC1. The van der Waals surface area contributed by atoms with Crippen molar-refractivity contribution in [1.82, 2.24) is 0 Å². The molecular weight excluding hydrogens is 467 g/mol. The highest BCUT2D eigenvalue weighted by atomic mass is 35.5. The summed E-state index contributed by atoms with van der Waals surface area (Å²) in [4.78, 5) is 13.3. The Balaban J connectivity index is 1.65. The molecule has 0 saturated heterocycles. The zero-order valence-electron chi connectivity index (χ0n) is 18.2. The summed E-state index contributed by atoms with van der Waals surface area (Å²) in [7, 11) is 0. The lowest BCUT2D eigenvalue weighted by molar-refractivity contribution is 0.381. The molecule has 0 radical (unpaired) electrons. The molecule has 1 unspecified atom stereocenters. The van der Waals surface area contributed by atoms with Crippen LogP contribution in [0.2, 0.25) is 10.0 Å². The minimum Gasteiger partial charge on any atom is -0.456 e. The Hall–Kier alpha value is -3.27. The van der Waals surface area contributed by atoms with Crippen LogP contribution < -0.4 is 10.4 Å². The Morgan fingerprint density at radius 2 is 1.59 bits per heavy atom. The molecule has 0 N–H and O–H groups in total. The Kier molecular flexibility index (Phi) is 5.32. The Labute approximate surface area is 206 Å². The molecule has 2 aliphatic rings. The maximum Gasteiger partial charge on any atom is 0.344 e. The van der Waals surface area contributed by atoms with E-state index in [2.05, 4.69) is 6.08 Å². The molecular formula is C29H20Cl2O3. The number of benzene rings is 3. The van der Waals surface area contributed by atoms with Gasteiger partial charge in [0.1, 0.15) is 17.1 Å². The van der Waals surface area contributed by atoms with Crippen LogP contribution in [0.5, 0.6) is 5.75 Å². The fourth-order valence-corrected chi connectivity index (χ4v) is 5.49. The first-order valence-corrected chi connectivity index (χ1v) is 12.0. The molecule has 168 valence electrons. The number of hydrogen-bond acceptors (Lipinski definition) is 3. The van der Waals surface area contributed by atoms with E-state index in [-0.39, 0.29) is 5.92 Å². The molecule has 1 aliphatic heterocycles. The van der Waals surface area contributed by atoms with E-state index in [0.29, 0.717) is 26.9 Å². The van der Waals surface area contributed by atoms with Crippen molar-refractivity contribution in [3.05, 3.63) is 127 Å². The van der Waals surface area contributed by atoms with Crippen molar-refractivity contribution >= 4 is 40.2 Å². The minimum atomic E-state index is -0.396. The van der Waals surface area contributed by atoms with Crippen LogP contribution in [-0.4, -0.2) is 0 Å². The van der Waals surface area contributed by atoms with Crippen LogP contribution in [0.3, 0.4) is 0 Å². The number of fused-ring (bicyclic) bond motifs is 3. The van der Waals surface area contributed by atoms with Gasteiger partial charge in [0.25, 0.3) is 0 Å². The summed E-state index contributed by atoms with van der Waals surface area (Å²) in [5.41, 5.74) is 4.54. The molecule has 34 heavy (non-hydrogen) atoms. The number of allylic oxidation sites excluding steroid dienone is 2. The topological polar surface area (TPSA) is 39.4 Å². The summed E-state index contributed by atoms with van der Waals surface area (Å²) < 4.78 is 12.3. The fourth-order valence-electron chi connectivity index (χ4n) is 5.05. The van der Waals surface area contributed by atoms with Gasteiger partial charge >= 0.3 is 5.63 Å². The molecule has 4 aromatic rings. The van der Waals surface area contributed by atoms with Crippen LogP contribution in [0.25, 0.3) is 17.0 Å². The summed E-state index contributed by atoms with van der Waals surface area (Å²) in [6.45, 7) is 0. The second-order valence-corrected chi connectivity index (χ2v) is 9.40. The van der Waals surface area contributed by atoms with Crippen molar-refractivity contribution in [3.8, 4) is 5.75 Å². The highest BCUT2D eigenvalue weighted by Crippen LogP contribution is 2.51. The molecule has 2 heterocycles. The summed E-state index contributed by atoms with van der Waals surface area (Å²) in [5, 5.41) is 2.07. The predicted molar refractivity (Wildman–Crippen MR) is 137 cm³/mol. The lowest BCUT2D eigenvalue weighted by Gasteiger charge is -2.34. The van der Waals surface area contributed by atoms with Gasteiger partial charge < -0.3 is 9.15 Å². The van der Waals surface area contributed by atoms with Crippen molar-refractivity contribution in [2.24, 2.45) is 0 Å². The number of hydrogen-bond donors (Lipinski definition) is 0. The number of para-hydroxylation sites is 1. The fraction of sp³-hybridized carbons (Fsp3) is 0.138. The largest absolute Gasteiger partial charge is 0.456 e. The van der Waals surface area contributed by atoms with Gasteiger partial charge in [0.05, 0.1) is 10.9 Å². The first-order chi connectivity index (χ1) is 16.6. The van der Waals surface area contributed by atoms with Gasteiger partial charge in [-0.05, 0) is 71.9 Å². The van der Waals surface area contributed by atoms with E-state index in [4.69, 9.17) is 32.4 Å². The van der Waals surface area contributed by atoms with Gasteiger partial charge in [-0.2, -0.15) is 0 Å². The van der Waals surface area contributed by atoms with Gasteiger partial charge in [-0.1, -0.05) is 71.7 Å². The normalized spacial score (nSPS) is 18.5. The summed E-state index contributed by atoms with van der Waals surface area (Å²) >= 11 is 13.2. The molecule has 0 bridgehead atoms. The van der Waals surface area contributed by atoms with Crippen molar-refractivity contribution in [1.29, 1.82) is 0 Å². The first-order valence-electron chi connectivity index (χ1n) is 11.3. The number of rotatable bonds is 2. The average Bonchev–Trinajstić information content (AvgIpc) is 2.85. The molecule has 1 aromatic heterocycles. The molecule has 1 aliphatic carbocycles. The van der Waals surface area contributed by atoms with E-state index in [0.717, 1.165) is 52.7 Å².